The van der Waals surface area contributed by atoms with Crippen LogP contribution in [0.15, 0.2) is 42.5 Å². The fraction of sp³-hybridized carbons (Fsp3) is 0.333. The highest BCUT2D eigenvalue weighted by Crippen LogP contribution is 2.15. The number of rotatable bonds is 8. The summed E-state index contributed by atoms with van der Waals surface area (Å²) in [5.41, 5.74) is 0.601. The smallest absolute Gasteiger partial charge is 0.251 e. The van der Waals surface area contributed by atoms with Gasteiger partial charge in [0.2, 0.25) is 5.91 Å². The van der Waals surface area contributed by atoms with Crippen LogP contribution in [0.4, 0.5) is 0 Å². The van der Waals surface area contributed by atoms with E-state index in [1.54, 1.807) is 13.2 Å². The molecule has 23 heavy (non-hydrogen) atoms. The summed E-state index contributed by atoms with van der Waals surface area (Å²) >= 11 is 0. The summed E-state index contributed by atoms with van der Waals surface area (Å²) in [6.07, 6.45) is 1.05. The lowest BCUT2D eigenvalue weighted by atomic mass is 10.1. The van der Waals surface area contributed by atoms with Crippen LogP contribution in [0, 0.1) is 0 Å². The van der Waals surface area contributed by atoms with Gasteiger partial charge in [0.15, 0.2) is 0 Å². The molecular formula is C18H22N2O3. The fourth-order valence-corrected chi connectivity index (χ4v) is 2.25. The normalized spacial score (nSPS) is 10.5. The summed E-state index contributed by atoms with van der Waals surface area (Å²) in [5.74, 6) is -0.233. The summed E-state index contributed by atoms with van der Waals surface area (Å²) in [6, 6.07) is 13.5. The lowest BCUT2D eigenvalue weighted by Gasteiger charge is -2.07. The molecule has 0 heterocycles. The zero-order chi connectivity index (χ0) is 16.5. The molecule has 2 N–H and O–H groups in total. The SMILES string of the molecule is COCCCNC(=O)CCNC(=O)c1ccc2ccccc2c1. The third-order valence-electron chi connectivity index (χ3n) is 3.50. The molecule has 2 amide bonds. The van der Waals surface area contributed by atoms with Crippen LogP contribution in [0.1, 0.15) is 23.2 Å². The van der Waals surface area contributed by atoms with E-state index in [-0.39, 0.29) is 18.2 Å². The van der Waals surface area contributed by atoms with Crippen LogP contribution in [0.2, 0.25) is 0 Å². The number of hydrogen-bond donors (Lipinski definition) is 2. The maximum atomic E-state index is 12.1. The number of methoxy groups -OCH3 is 1. The maximum Gasteiger partial charge on any atom is 0.251 e. The van der Waals surface area contributed by atoms with E-state index in [0.29, 0.717) is 25.3 Å². The van der Waals surface area contributed by atoms with Gasteiger partial charge in [0.1, 0.15) is 0 Å². The van der Waals surface area contributed by atoms with Crippen LogP contribution in [-0.4, -0.2) is 38.6 Å². The second-order valence-electron chi connectivity index (χ2n) is 5.26. The van der Waals surface area contributed by atoms with Gasteiger partial charge in [0, 0.05) is 38.8 Å². The molecule has 0 unspecified atom stereocenters. The summed E-state index contributed by atoms with van der Waals surface area (Å²) in [6.45, 7) is 1.53. The fourth-order valence-electron chi connectivity index (χ4n) is 2.25. The Morgan fingerprint density at radius 1 is 1.00 bits per heavy atom. The molecule has 5 heteroatoms. The first kappa shape index (κ1) is 17.0. The second-order valence-corrected chi connectivity index (χ2v) is 5.26. The highest BCUT2D eigenvalue weighted by molar-refractivity contribution is 5.98. The molecule has 122 valence electrons. The van der Waals surface area contributed by atoms with E-state index in [4.69, 9.17) is 4.74 Å². The van der Waals surface area contributed by atoms with Gasteiger partial charge in [-0.3, -0.25) is 9.59 Å². The van der Waals surface area contributed by atoms with Gasteiger partial charge in [-0.2, -0.15) is 0 Å². The van der Waals surface area contributed by atoms with Gasteiger partial charge < -0.3 is 15.4 Å². The Kier molecular flexibility index (Phi) is 6.56. The molecule has 2 aromatic rings. The summed E-state index contributed by atoms with van der Waals surface area (Å²) < 4.78 is 4.91. The zero-order valence-corrected chi connectivity index (χ0v) is 13.3. The van der Waals surface area contributed by atoms with Gasteiger partial charge >= 0.3 is 0 Å². The number of hydrogen-bond acceptors (Lipinski definition) is 3. The molecule has 0 radical (unpaired) electrons. The van der Waals surface area contributed by atoms with E-state index >= 15 is 0 Å². The highest BCUT2D eigenvalue weighted by atomic mass is 16.5. The van der Waals surface area contributed by atoms with E-state index in [0.717, 1.165) is 17.2 Å². The zero-order valence-electron chi connectivity index (χ0n) is 13.3. The van der Waals surface area contributed by atoms with Gasteiger partial charge in [-0.05, 0) is 29.3 Å². The van der Waals surface area contributed by atoms with Crippen molar-refractivity contribution in [2.24, 2.45) is 0 Å². The van der Waals surface area contributed by atoms with Gasteiger partial charge in [0.25, 0.3) is 5.91 Å². The summed E-state index contributed by atoms with van der Waals surface area (Å²) in [7, 11) is 1.63. The van der Waals surface area contributed by atoms with Gasteiger partial charge in [0.05, 0.1) is 0 Å². The number of nitrogens with one attached hydrogen (secondary N) is 2. The molecule has 0 bridgehead atoms. The summed E-state index contributed by atoms with van der Waals surface area (Å²) in [5, 5.41) is 7.68. The third kappa shape index (κ3) is 5.38. The minimum absolute atomic E-state index is 0.0695. The molecule has 0 aliphatic heterocycles. The highest BCUT2D eigenvalue weighted by Gasteiger charge is 2.07. The lowest BCUT2D eigenvalue weighted by molar-refractivity contribution is -0.120. The molecule has 0 aromatic heterocycles. The average Bonchev–Trinajstić information content (AvgIpc) is 2.58. The van der Waals surface area contributed by atoms with Crippen molar-refractivity contribution in [2.75, 3.05) is 26.8 Å². The topological polar surface area (TPSA) is 67.4 Å². The monoisotopic (exact) mass is 314 g/mol. The number of benzene rings is 2. The first-order chi connectivity index (χ1) is 11.2. The quantitative estimate of drug-likeness (QED) is 0.733. The van der Waals surface area contributed by atoms with Crippen molar-refractivity contribution in [3.8, 4) is 0 Å². The Labute approximate surface area is 136 Å². The summed E-state index contributed by atoms with van der Waals surface area (Å²) in [4.78, 5) is 23.7. The van der Waals surface area contributed by atoms with Crippen LogP contribution in [0.25, 0.3) is 10.8 Å². The third-order valence-corrected chi connectivity index (χ3v) is 3.50. The Bertz CT molecular complexity index is 670. The Morgan fingerprint density at radius 3 is 2.57 bits per heavy atom. The van der Waals surface area contributed by atoms with Crippen molar-refractivity contribution in [2.45, 2.75) is 12.8 Å². The van der Waals surface area contributed by atoms with Crippen molar-refractivity contribution in [3.63, 3.8) is 0 Å². The Balaban J connectivity index is 1.76. The van der Waals surface area contributed by atoms with Crippen LogP contribution in [0.3, 0.4) is 0 Å². The van der Waals surface area contributed by atoms with E-state index in [9.17, 15) is 9.59 Å². The van der Waals surface area contributed by atoms with Crippen LogP contribution < -0.4 is 10.6 Å². The van der Waals surface area contributed by atoms with Crippen molar-refractivity contribution in [1.82, 2.24) is 10.6 Å². The van der Waals surface area contributed by atoms with E-state index in [2.05, 4.69) is 10.6 Å². The molecule has 2 aromatic carbocycles. The van der Waals surface area contributed by atoms with Gasteiger partial charge in [-0.15, -0.1) is 0 Å². The standard InChI is InChI=1S/C18H22N2O3/c1-23-12-4-10-19-17(21)9-11-20-18(22)16-8-7-14-5-2-3-6-15(14)13-16/h2-3,5-8,13H,4,9-12H2,1H3,(H,19,21)(H,20,22). The van der Waals surface area contributed by atoms with E-state index in [1.807, 2.05) is 36.4 Å². The number of fused-ring (bicyclic) bond motifs is 1. The van der Waals surface area contributed by atoms with Crippen molar-refractivity contribution >= 4 is 22.6 Å². The minimum Gasteiger partial charge on any atom is -0.385 e. The Morgan fingerprint density at radius 2 is 1.78 bits per heavy atom. The molecular weight excluding hydrogens is 292 g/mol. The number of carbonyl (C=O) groups excluding carboxylic acids is 2. The molecule has 0 spiro atoms. The second kappa shape index (κ2) is 8.90. The predicted octanol–water partition coefficient (Wildman–Crippen LogP) is 2.11. The molecule has 0 fully saturated rings. The molecule has 0 aliphatic rings. The first-order valence-corrected chi connectivity index (χ1v) is 7.73. The lowest BCUT2D eigenvalue weighted by Crippen LogP contribution is -2.31. The number of ether oxygens (including phenoxy) is 1. The van der Waals surface area contributed by atoms with Gasteiger partial charge in [-0.25, -0.2) is 0 Å². The van der Waals surface area contributed by atoms with Gasteiger partial charge in [-0.1, -0.05) is 30.3 Å². The average molecular weight is 314 g/mol. The Hall–Kier alpha value is -2.40. The van der Waals surface area contributed by atoms with Crippen LogP contribution in [-0.2, 0) is 9.53 Å². The minimum atomic E-state index is -0.164. The van der Waals surface area contributed by atoms with E-state index in [1.165, 1.54) is 0 Å². The van der Waals surface area contributed by atoms with Crippen LogP contribution in [0.5, 0.6) is 0 Å². The number of amides is 2. The van der Waals surface area contributed by atoms with Crippen molar-refractivity contribution in [3.05, 3.63) is 48.0 Å². The molecule has 5 nitrogen and oxygen atoms in total. The number of carbonyl (C=O) groups is 2. The first-order valence-electron chi connectivity index (χ1n) is 7.73. The largest absolute Gasteiger partial charge is 0.385 e. The predicted molar refractivity (Wildman–Crippen MR) is 90.4 cm³/mol. The van der Waals surface area contributed by atoms with E-state index < -0.39 is 0 Å². The maximum absolute atomic E-state index is 12.1. The molecule has 0 saturated carbocycles. The van der Waals surface area contributed by atoms with Crippen LogP contribution >= 0.6 is 0 Å². The molecule has 0 atom stereocenters. The molecule has 2 rings (SSSR count). The molecule has 0 saturated heterocycles. The molecule has 0 aliphatic carbocycles. The van der Waals surface area contributed by atoms with Crippen molar-refractivity contribution < 1.29 is 14.3 Å². The van der Waals surface area contributed by atoms with Crippen molar-refractivity contribution in [1.29, 1.82) is 0 Å².